The predicted molar refractivity (Wildman–Crippen MR) is 98.7 cm³/mol. The van der Waals surface area contributed by atoms with E-state index in [2.05, 4.69) is 13.0 Å². The highest BCUT2D eigenvalue weighted by atomic mass is 16.5. The van der Waals surface area contributed by atoms with Crippen molar-refractivity contribution < 1.29 is 14.9 Å². The van der Waals surface area contributed by atoms with Crippen molar-refractivity contribution >= 4 is 0 Å². The topological polar surface area (TPSA) is 49.7 Å². The lowest BCUT2D eigenvalue weighted by molar-refractivity contribution is -0.120. The van der Waals surface area contributed by atoms with E-state index in [0.717, 1.165) is 32.1 Å². The third-order valence-electron chi connectivity index (χ3n) is 7.63. The fraction of sp³-hybridized carbons (Fsp3) is 0.636. The Kier molecular flexibility index (Phi) is 4.01. The van der Waals surface area contributed by atoms with E-state index in [1.54, 1.807) is 0 Å². The van der Waals surface area contributed by atoms with E-state index in [9.17, 15) is 10.2 Å². The van der Waals surface area contributed by atoms with Crippen LogP contribution in [-0.4, -0.2) is 29.0 Å². The summed E-state index contributed by atoms with van der Waals surface area (Å²) in [6.07, 6.45) is 9.09. The minimum Gasteiger partial charge on any atom is -0.508 e. The highest BCUT2D eigenvalue weighted by Gasteiger charge is 2.63. The normalized spacial score (nSPS) is 42.9. The van der Waals surface area contributed by atoms with E-state index >= 15 is 0 Å². The molecule has 3 aliphatic rings. The fourth-order valence-corrected chi connectivity index (χ4v) is 6.43. The van der Waals surface area contributed by atoms with Gasteiger partial charge in [0.1, 0.15) is 5.75 Å². The summed E-state index contributed by atoms with van der Waals surface area (Å²) in [6.45, 7) is 4.27. The van der Waals surface area contributed by atoms with Gasteiger partial charge in [0.05, 0.1) is 11.7 Å². The first kappa shape index (κ1) is 17.1. The number of aromatic hydroxyl groups is 1. The highest BCUT2D eigenvalue weighted by molar-refractivity contribution is 5.41. The average molecular weight is 342 g/mol. The van der Waals surface area contributed by atoms with Crippen molar-refractivity contribution in [1.29, 1.82) is 0 Å². The van der Waals surface area contributed by atoms with Crippen molar-refractivity contribution in [2.45, 2.75) is 63.6 Å². The van der Waals surface area contributed by atoms with Crippen molar-refractivity contribution in [3.8, 4) is 5.75 Å². The van der Waals surface area contributed by atoms with Gasteiger partial charge in [-0.15, -0.1) is 0 Å². The number of allylic oxidation sites excluding steroid dienone is 1. The molecule has 136 valence electrons. The lowest BCUT2D eigenvalue weighted by Crippen LogP contribution is -2.54. The SMILES string of the molecule is C/C=C/[C@]1(O)CC[C@H]2[C@@H]3CCc4cc(O)ccc4[C@H]3[C@@H](OC)C[C@@]21C. The Morgan fingerprint density at radius 3 is 2.80 bits per heavy atom. The Morgan fingerprint density at radius 2 is 2.08 bits per heavy atom. The Morgan fingerprint density at radius 1 is 1.28 bits per heavy atom. The molecule has 0 heterocycles. The number of hydrogen-bond acceptors (Lipinski definition) is 3. The van der Waals surface area contributed by atoms with Gasteiger partial charge in [0.15, 0.2) is 0 Å². The molecule has 1 aromatic rings. The Labute approximate surface area is 150 Å². The third kappa shape index (κ3) is 2.32. The highest BCUT2D eigenvalue weighted by Crippen LogP contribution is 2.65. The number of phenolic OH excluding ortho intramolecular Hbond substituents is 1. The van der Waals surface area contributed by atoms with Crippen molar-refractivity contribution in [3.63, 3.8) is 0 Å². The van der Waals surface area contributed by atoms with E-state index < -0.39 is 5.60 Å². The molecule has 25 heavy (non-hydrogen) atoms. The quantitative estimate of drug-likeness (QED) is 0.793. The van der Waals surface area contributed by atoms with Crippen LogP contribution in [0.2, 0.25) is 0 Å². The molecule has 6 atom stereocenters. The predicted octanol–water partition coefficient (Wildman–Crippen LogP) is 4.18. The molecule has 1 aromatic carbocycles. The van der Waals surface area contributed by atoms with Crippen molar-refractivity contribution in [2.75, 3.05) is 7.11 Å². The smallest absolute Gasteiger partial charge is 0.115 e. The van der Waals surface area contributed by atoms with Gasteiger partial charge >= 0.3 is 0 Å². The minimum absolute atomic E-state index is 0.115. The maximum Gasteiger partial charge on any atom is 0.115 e. The number of phenols is 1. The van der Waals surface area contributed by atoms with Crippen LogP contribution in [0.1, 0.15) is 56.6 Å². The van der Waals surface area contributed by atoms with Gasteiger partial charge in [0.2, 0.25) is 0 Å². The van der Waals surface area contributed by atoms with Gasteiger partial charge < -0.3 is 14.9 Å². The van der Waals surface area contributed by atoms with Crippen LogP contribution < -0.4 is 0 Å². The molecule has 0 aromatic heterocycles. The van der Waals surface area contributed by atoms with Gasteiger partial charge in [-0.05, 0) is 74.1 Å². The number of ether oxygens (including phenoxy) is 1. The van der Waals surface area contributed by atoms with Crippen molar-refractivity contribution in [2.24, 2.45) is 17.3 Å². The molecule has 2 N–H and O–H groups in total. The monoisotopic (exact) mass is 342 g/mol. The van der Waals surface area contributed by atoms with E-state index in [-0.39, 0.29) is 11.5 Å². The molecule has 0 amide bonds. The summed E-state index contributed by atoms with van der Waals surface area (Å²) >= 11 is 0. The minimum atomic E-state index is -0.719. The molecule has 0 radical (unpaired) electrons. The number of rotatable bonds is 2. The molecular formula is C22H30O3. The summed E-state index contributed by atoms with van der Waals surface area (Å²) in [5.74, 6) is 1.79. The van der Waals surface area contributed by atoms with Crippen LogP contribution in [0.25, 0.3) is 0 Å². The van der Waals surface area contributed by atoms with E-state index in [4.69, 9.17) is 4.74 Å². The van der Waals surface area contributed by atoms with Crippen LogP contribution in [0.4, 0.5) is 0 Å². The third-order valence-corrected chi connectivity index (χ3v) is 7.63. The summed E-state index contributed by atoms with van der Waals surface area (Å²) in [6, 6.07) is 5.84. The number of methoxy groups -OCH3 is 1. The van der Waals surface area contributed by atoms with Gasteiger partial charge in [-0.25, -0.2) is 0 Å². The van der Waals surface area contributed by atoms with E-state index in [0.29, 0.717) is 23.5 Å². The summed E-state index contributed by atoms with van der Waals surface area (Å²) in [5, 5.41) is 21.3. The standard InChI is InChI=1S/C22H30O3/c1-4-10-22(24)11-9-18-17-7-5-14-12-15(23)6-8-16(14)20(17)19(25-3)13-21(18,22)2/h4,6,8,10,12,17-20,23-24H,5,7,9,11,13H2,1-3H3/b10-4+/t17-,18-,19-,20+,21-,22-/m0/s1. The van der Waals surface area contributed by atoms with Gasteiger partial charge in [0, 0.05) is 18.4 Å². The second kappa shape index (κ2) is 5.85. The first-order valence-corrected chi connectivity index (χ1v) is 9.64. The Bertz CT molecular complexity index is 697. The number of hydrogen-bond donors (Lipinski definition) is 2. The molecular weight excluding hydrogens is 312 g/mol. The molecule has 3 aliphatic carbocycles. The lowest BCUT2D eigenvalue weighted by Gasteiger charge is -2.55. The maximum absolute atomic E-state index is 11.4. The summed E-state index contributed by atoms with van der Waals surface area (Å²) in [5.41, 5.74) is 1.78. The van der Waals surface area contributed by atoms with Crippen LogP contribution in [0, 0.1) is 17.3 Å². The zero-order chi connectivity index (χ0) is 17.8. The molecule has 0 saturated heterocycles. The molecule has 2 saturated carbocycles. The average Bonchev–Trinajstić information content (AvgIpc) is 2.85. The second-order valence-corrected chi connectivity index (χ2v) is 8.58. The number of fused-ring (bicyclic) bond motifs is 5. The van der Waals surface area contributed by atoms with Gasteiger partial charge in [-0.2, -0.15) is 0 Å². The molecule has 2 fully saturated rings. The molecule has 3 heteroatoms. The molecule has 0 aliphatic heterocycles. The number of aliphatic hydroxyl groups is 1. The van der Waals surface area contributed by atoms with Crippen LogP contribution in [-0.2, 0) is 11.2 Å². The first-order valence-electron chi connectivity index (χ1n) is 9.64. The fourth-order valence-electron chi connectivity index (χ4n) is 6.43. The van der Waals surface area contributed by atoms with Crippen molar-refractivity contribution in [3.05, 3.63) is 41.5 Å². The summed E-state index contributed by atoms with van der Waals surface area (Å²) < 4.78 is 5.99. The Hall–Kier alpha value is -1.32. The maximum atomic E-state index is 11.4. The van der Waals surface area contributed by atoms with Crippen LogP contribution in [0.15, 0.2) is 30.4 Å². The molecule has 0 bridgehead atoms. The number of aryl methyl sites for hydroxylation is 1. The molecule has 0 spiro atoms. The van der Waals surface area contributed by atoms with Gasteiger partial charge in [-0.3, -0.25) is 0 Å². The Balaban J connectivity index is 1.78. The van der Waals surface area contributed by atoms with E-state index in [1.165, 1.54) is 11.1 Å². The van der Waals surface area contributed by atoms with Crippen LogP contribution >= 0.6 is 0 Å². The molecule has 3 nitrogen and oxygen atoms in total. The molecule has 4 rings (SSSR count). The second-order valence-electron chi connectivity index (χ2n) is 8.58. The number of benzene rings is 1. The van der Waals surface area contributed by atoms with Crippen molar-refractivity contribution in [1.82, 2.24) is 0 Å². The van der Waals surface area contributed by atoms with Gasteiger partial charge in [0.25, 0.3) is 0 Å². The van der Waals surface area contributed by atoms with Gasteiger partial charge in [-0.1, -0.05) is 25.1 Å². The van der Waals surface area contributed by atoms with E-state index in [1.807, 2.05) is 38.3 Å². The summed E-state index contributed by atoms with van der Waals surface area (Å²) in [7, 11) is 1.81. The zero-order valence-corrected chi connectivity index (χ0v) is 15.5. The lowest BCUT2D eigenvalue weighted by atomic mass is 9.52. The summed E-state index contributed by atoms with van der Waals surface area (Å²) in [4.78, 5) is 0. The zero-order valence-electron chi connectivity index (χ0n) is 15.5. The van der Waals surface area contributed by atoms with Crippen LogP contribution in [0.5, 0.6) is 5.75 Å². The molecule has 0 unspecified atom stereocenters. The first-order chi connectivity index (χ1) is 11.9. The largest absolute Gasteiger partial charge is 0.508 e. The van der Waals surface area contributed by atoms with Crippen LogP contribution in [0.3, 0.4) is 0 Å².